The van der Waals surface area contributed by atoms with Crippen molar-refractivity contribution in [3.05, 3.63) is 70.8 Å². The van der Waals surface area contributed by atoms with E-state index in [4.69, 9.17) is 0 Å². The Hall–Kier alpha value is -3.41. The molecule has 0 bridgehead atoms. The molecule has 1 aliphatic heterocycles. The third kappa shape index (κ3) is 4.63. The molecule has 0 atom stereocenters. The maximum atomic E-state index is 14.3. The van der Waals surface area contributed by atoms with Crippen molar-refractivity contribution in [2.75, 3.05) is 17.6 Å². The first-order valence-electron chi connectivity index (χ1n) is 10.3. The molecular formula is C22H20F4N4O3S. The summed E-state index contributed by atoms with van der Waals surface area (Å²) >= 11 is 0. The van der Waals surface area contributed by atoms with Gasteiger partial charge in [0.2, 0.25) is 15.0 Å². The number of alkyl halides is 3. The number of benzene rings is 2. The molecule has 0 fully saturated rings. The number of imidazole rings is 1. The molecule has 1 aliphatic rings. The van der Waals surface area contributed by atoms with Gasteiger partial charge in [-0.25, -0.2) is 17.8 Å². The van der Waals surface area contributed by atoms with Crippen molar-refractivity contribution in [2.24, 2.45) is 0 Å². The minimum Gasteiger partial charge on any atom is -0.353 e. The summed E-state index contributed by atoms with van der Waals surface area (Å²) < 4.78 is 76.6. The normalized spacial score (nSPS) is 14.1. The Balaban J connectivity index is 1.53. The van der Waals surface area contributed by atoms with Gasteiger partial charge < -0.3 is 15.2 Å². The molecule has 180 valence electrons. The van der Waals surface area contributed by atoms with E-state index in [9.17, 15) is 30.8 Å². The monoisotopic (exact) mass is 496 g/mol. The van der Waals surface area contributed by atoms with Gasteiger partial charge in [-0.3, -0.25) is 4.79 Å². The number of halogens is 4. The van der Waals surface area contributed by atoms with Crippen molar-refractivity contribution >= 4 is 27.1 Å². The molecule has 0 saturated carbocycles. The number of hydrogen-bond acceptors (Lipinski definition) is 5. The molecular weight excluding hydrogens is 476 g/mol. The zero-order valence-electron chi connectivity index (χ0n) is 17.9. The lowest BCUT2D eigenvalue weighted by Gasteiger charge is -2.30. The van der Waals surface area contributed by atoms with Crippen LogP contribution >= 0.6 is 0 Å². The van der Waals surface area contributed by atoms with E-state index in [1.165, 1.54) is 18.0 Å². The van der Waals surface area contributed by atoms with Gasteiger partial charge in [-0.1, -0.05) is 19.1 Å². The summed E-state index contributed by atoms with van der Waals surface area (Å²) in [5, 5.41) is 2.59. The van der Waals surface area contributed by atoms with E-state index < -0.39 is 33.3 Å². The van der Waals surface area contributed by atoms with Crippen LogP contribution in [0.3, 0.4) is 0 Å². The Morgan fingerprint density at radius 1 is 1.21 bits per heavy atom. The highest BCUT2D eigenvalue weighted by Crippen LogP contribution is 2.34. The Bertz CT molecular complexity index is 1350. The molecule has 2 heterocycles. The van der Waals surface area contributed by atoms with E-state index in [1.807, 2.05) is 0 Å². The van der Waals surface area contributed by atoms with Gasteiger partial charge in [-0.2, -0.15) is 13.2 Å². The summed E-state index contributed by atoms with van der Waals surface area (Å²) in [5.74, 6) is -1.62. The van der Waals surface area contributed by atoms with Gasteiger partial charge in [-0.15, -0.1) is 0 Å². The van der Waals surface area contributed by atoms with Gasteiger partial charge in [0.25, 0.3) is 5.91 Å². The quantitative estimate of drug-likeness (QED) is 0.514. The van der Waals surface area contributed by atoms with Crippen LogP contribution in [0.1, 0.15) is 34.1 Å². The molecule has 2 aromatic carbocycles. The van der Waals surface area contributed by atoms with Crippen molar-refractivity contribution in [1.82, 2.24) is 14.9 Å². The van der Waals surface area contributed by atoms with Crippen LogP contribution in [-0.2, 0) is 29.0 Å². The SMILES string of the molecule is CCS(=O)(=O)c1nc(C(=O)N2CCc3c(cccc3Nc3ccc(C(F)(F)F)cc3F)C2)c[nH]1. The molecule has 0 unspecified atom stereocenters. The smallest absolute Gasteiger partial charge is 0.353 e. The molecule has 2 N–H and O–H groups in total. The maximum Gasteiger partial charge on any atom is 0.416 e. The number of nitrogens with zero attached hydrogens (tertiary/aromatic N) is 2. The molecule has 0 aliphatic carbocycles. The predicted molar refractivity (Wildman–Crippen MR) is 116 cm³/mol. The van der Waals surface area contributed by atoms with Crippen LogP contribution in [0.4, 0.5) is 28.9 Å². The molecule has 1 amide bonds. The van der Waals surface area contributed by atoms with Crippen LogP contribution in [0.25, 0.3) is 0 Å². The number of anilines is 2. The second-order valence-electron chi connectivity index (χ2n) is 7.73. The lowest BCUT2D eigenvalue weighted by molar-refractivity contribution is -0.137. The second kappa shape index (κ2) is 8.75. The summed E-state index contributed by atoms with van der Waals surface area (Å²) in [6.45, 7) is 1.98. The van der Waals surface area contributed by atoms with E-state index in [-0.39, 0.29) is 28.8 Å². The lowest BCUT2D eigenvalue weighted by atomic mass is 9.97. The van der Waals surface area contributed by atoms with Crippen molar-refractivity contribution < 1.29 is 30.8 Å². The van der Waals surface area contributed by atoms with Crippen molar-refractivity contribution in [2.45, 2.75) is 31.2 Å². The number of carbonyl (C=O) groups excluding carboxylic acids is 1. The topological polar surface area (TPSA) is 95.2 Å². The molecule has 4 rings (SSSR count). The Kier molecular flexibility index (Phi) is 6.11. The van der Waals surface area contributed by atoms with Gasteiger partial charge in [0, 0.05) is 25.0 Å². The number of sulfone groups is 1. The van der Waals surface area contributed by atoms with Gasteiger partial charge in [-0.05, 0) is 41.8 Å². The third-order valence-electron chi connectivity index (χ3n) is 5.57. The fourth-order valence-electron chi connectivity index (χ4n) is 3.71. The van der Waals surface area contributed by atoms with Crippen LogP contribution < -0.4 is 5.32 Å². The fraction of sp³-hybridized carbons (Fsp3) is 0.273. The third-order valence-corrected chi connectivity index (χ3v) is 7.13. The summed E-state index contributed by atoms with van der Waals surface area (Å²) in [7, 11) is -3.58. The lowest BCUT2D eigenvalue weighted by Crippen LogP contribution is -2.36. The molecule has 0 saturated heterocycles. The standard InChI is InChI=1S/C22H20F4N4O3S/c1-2-34(32,33)21-27-11-19(29-21)20(31)30-9-8-15-13(12-30)4-3-5-17(15)28-18-7-6-14(10-16(18)23)22(24,25)26/h3-7,10-11,28H,2,8-9,12H2,1H3,(H,27,29). The minimum atomic E-state index is -4.64. The van der Waals surface area contributed by atoms with Crippen molar-refractivity contribution in [1.29, 1.82) is 0 Å². The molecule has 0 radical (unpaired) electrons. The first kappa shape index (κ1) is 23.7. The zero-order chi connectivity index (χ0) is 24.7. The van der Waals surface area contributed by atoms with Crippen molar-refractivity contribution in [3.8, 4) is 0 Å². The van der Waals surface area contributed by atoms with E-state index in [0.29, 0.717) is 24.7 Å². The number of nitrogens with one attached hydrogen (secondary N) is 2. The number of carbonyl (C=O) groups is 1. The van der Waals surface area contributed by atoms with Crippen LogP contribution in [0.5, 0.6) is 0 Å². The number of aromatic amines is 1. The summed E-state index contributed by atoms with van der Waals surface area (Å²) in [4.78, 5) is 20.8. The van der Waals surface area contributed by atoms with Gasteiger partial charge >= 0.3 is 6.18 Å². The predicted octanol–water partition coefficient (Wildman–Crippen LogP) is 4.30. The molecule has 0 spiro atoms. The number of amides is 1. The van der Waals surface area contributed by atoms with Crippen LogP contribution in [0, 0.1) is 5.82 Å². The minimum absolute atomic E-state index is 0.0171. The maximum absolute atomic E-state index is 14.3. The molecule has 34 heavy (non-hydrogen) atoms. The molecule has 12 heteroatoms. The summed E-state index contributed by atoms with van der Waals surface area (Å²) in [5.41, 5.74) is 0.918. The van der Waals surface area contributed by atoms with Crippen LogP contribution in [0.2, 0.25) is 0 Å². The van der Waals surface area contributed by atoms with Crippen molar-refractivity contribution in [3.63, 3.8) is 0 Å². The number of fused-ring (bicyclic) bond motifs is 1. The number of aromatic nitrogens is 2. The number of rotatable bonds is 5. The highest BCUT2D eigenvalue weighted by molar-refractivity contribution is 7.91. The van der Waals surface area contributed by atoms with Gasteiger partial charge in [0.15, 0.2) is 0 Å². The first-order chi connectivity index (χ1) is 16.0. The summed E-state index contributed by atoms with van der Waals surface area (Å²) in [6.07, 6.45) is -2.99. The number of hydrogen-bond donors (Lipinski definition) is 2. The highest BCUT2D eigenvalue weighted by Gasteiger charge is 2.31. The van der Waals surface area contributed by atoms with E-state index in [1.54, 1.807) is 18.2 Å². The highest BCUT2D eigenvalue weighted by atomic mass is 32.2. The Morgan fingerprint density at radius 3 is 2.65 bits per heavy atom. The van der Waals surface area contributed by atoms with Crippen LogP contribution in [-0.4, -0.2) is 41.5 Å². The van der Waals surface area contributed by atoms with E-state index in [0.717, 1.165) is 23.3 Å². The Morgan fingerprint density at radius 2 is 1.97 bits per heavy atom. The molecule has 3 aromatic rings. The zero-order valence-corrected chi connectivity index (χ0v) is 18.7. The van der Waals surface area contributed by atoms with Gasteiger partial charge in [0.05, 0.1) is 17.0 Å². The number of H-pyrrole nitrogens is 1. The van der Waals surface area contributed by atoms with E-state index in [2.05, 4.69) is 15.3 Å². The molecule has 7 nitrogen and oxygen atoms in total. The first-order valence-corrected chi connectivity index (χ1v) is 12.0. The Labute approximate surface area is 192 Å². The van der Waals surface area contributed by atoms with Crippen LogP contribution in [0.15, 0.2) is 47.8 Å². The average Bonchev–Trinajstić information content (AvgIpc) is 3.30. The van der Waals surface area contributed by atoms with E-state index >= 15 is 0 Å². The molecule has 1 aromatic heterocycles. The summed E-state index contributed by atoms with van der Waals surface area (Å²) in [6, 6.07) is 7.45. The fourth-order valence-corrected chi connectivity index (χ4v) is 4.46. The second-order valence-corrected chi connectivity index (χ2v) is 9.93. The average molecular weight is 496 g/mol. The van der Waals surface area contributed by atoms with Gasteiger partial charge in [0.1, 0.15) is 11.5 Å². The largest absolute Gasteiger partial charge is 0.416 e.